The molecule has 0 N–H and O–H groups in total. The lowest BCUT2D eigenvalue weighted by Crippen LogP contribution is -1.98. The van der Waals surface area contributed by atoms with Crippen molar-refractivity contribution in [3.05, 3.63) is 70.5 Å². The number of hydrogen-bond acceptors (Lipinski definition) is 4. The largest absolute Gasteiger partial charge is 0.497 e. The normalized spacial score (nSPS) is 11.3. The van der Waals surface area contributed by atoms with E-state index in [1.54, 1.807) is 18.4 Å². The standard InChI is InChI=1S/C24H20N4OS/c1-14-9-20(16(3)28(14)24-18(13-25)10-15(2)30-24)17-5-6-22-21(11-17)26-23-12-19(29-4)7-8-27(22)23/h5-12H,1-4H3. The molecule has 0 fully saturated rings. The van der Waals surface area contributed by atoms with Gasteiger partial charge in [0, 0.05) is 34.1 Å². The van der Waals surface area contributed by atoms with E-state index >= 15 is 0 Å². The molecule has 0 aliphatic carbocycles. The molecule has 0 saturated carbocycles. The SMILES string of the molecule is COc1ccn2c(c1)nc1cc(-c3cc(C)n(-c4sc(C)cc4C#N)c3C)ccc12. The molecule has 0 unspecified atom stereocenters. The molecule has 0 bridgehead atoms. The minimum Gasteiger partial charge on any atom is -0.497 e. The Kier molecular flexibility index (Phi) is 4.16. The number of methoxy groups -OCH3 is 1. The van der Waals surface area contributed by atoms with E-state index in [9.17, 15) is 5.26 Å². The van der Waals surface area contributed by atoms with Crippen LogP contribution >= 0.6 is 11.3 Å². The van der Waals surface area contributed by atoms with Crippen LogP contribution in [0.1, 0.15) is 21.8 Å². The molecule has 1 aromatic carbocycles. The first-order valence-electron chi connectivity index (χ1n) is 9.66. The summed E-state index contributed by atoms with van der Waals surface area (Å²) in [5, 5.41) is 10.5. The number of aromatic nitrogens is 3. The zero-order valence-corrected chi connectivity index (χ0v) is 18.0. The van der Waals surface area contributed by atoms with Gasteiger partial charge in [0.2, 0.25) is 0 Å². The topological polar surface area (TPSA) is 55.2 Å². The van der Waals surface area contributed by atoms with Crippen LogP contribution in [0.15, 0.2) is 48.7 Å². The molecule has 5 nitrogen and oxygen atoms in total. The van der Waals surface area contributed by atoms with Gasteiger partial charge in [-0.2, -0.15) is 5.26 Å². The molecule has 0 saturated heterocycles. The number of rotatable bonds is 3. The van der Waals surface area contributed by atoms with Crippen molar-refractivity contribution in [1.82, 2.24) is 14.0 Å². The molecule has 0 aliphatic heterocycles. The van der Waals surface area contributed by atoms with E-state index in [0.29, 0.717) is 0 Å². The third-order valence-electron chi connectivity index (χ3n) is 5.51. The first kappa shape index (κ1) is 18.5. The van der Waals surface area contributed by atoms with Gasteiger partial charge in [-0.25, -0.2) is 4.98 Å². The maximum absolute atomic E-state index is 9.55. The van der Waals surface area contributed by atoms with Crippen LogP contribution in [-0.4, -0.2) is 21.1 Å². The number of thiophene rings is 1. The Hall–Kier alpha value is -3.56. The number of nitrogens with zero attached hydrogens (tertiary/aromatic N) is 4. The van der Waals surface area contributed by atoms with Gasteiger partial charge in [0.15, 0.2) is 0 Å². The van der Waals surface area contributed by atoms with E-state index in [-0.39, 0.29) is 0 Å². The molecule has 4 heterocycles. The van der Waals surface area contributed by atoms with Crippen LogP contribution in [0.2, 0.25) is 0 Å². The molecule has 0 radical (unpaired) electrons. The Labute approximate surface area is 178 Å². The number of fused-ring (bicyclic) bond motifs is 3. The van der Waals surface area contributed by atoms with Crippen molar-refractivity contribution in [3.8, 4) is 27.9 Å². The molecule has 148 valence electrons. The quantitative estimate of drug-likeness (QED) is 0.376. The lowest BCUT2D eigenvalue weighted by atomic mass is 10.1. The monoisotopic (exact) mass is 412 g/mol. The smallest absolute Gasteiger partial charge is 0.141 e. The number of nitriles is 1. The molecular formula is C24H20N4OS. The zero-order chi connectivity index (χ0) is 21.0. The summed E-state index contributed by atoms with van der Waals surface area (Å²) in [6.07, 6.45) is 1.98. The highest BCUT2D eigenvalue weighted by Crippen LogP contribution is 2.35. The van der Waals surface area contributed by atoms with Crippen molar-refractivity contribution < 1.29 is 4.74 Å². The van der Waals surface area contributed by atoms with E-state index in [0.717, 1.165) is 60.4 Å². The summed E-state index contributed by atoms with van der Waals surface area (Å²) in [5.41, 5.74) is 8.08. The highest BCUT2D eigenvalue weighted by atomic mass is 32.1. The van der Waals surface area contributed by atoms with Crippen molar-refractivity contribution in [2.45, 2.75) is 20.8 Å². The van der Waals surface area contributed by atoms with Gasteiger partial charge in [-0.1, -0.05) is 6.07 Å². The van der Waals surface area contributed by atoms with Gasteiger partial charge in [-0.3, -0.25) is 4.40 Å². The Morgan fingerprint density at radius 3 is 2.67 bits per heavy atom. The Balaban J connectivity index is 1.67. The van der Waals surface area contributed by atoms with E-state index in [4.69, 9.17) is 9.72 Å². The maximum atomic E-state index is 9.55. The van der Waals surface area contributed by atoms with Crippen LogP contribution in [0.3, 0.4) is 0 Å². The van der Waals surface area contributed by atoms with E-state index in [1.165, 1.54) is 0 Å². The lowest BCUT2D eigenvalue weighted by molar-refractivity contribution is 0.414. The molecule has 4 aromatic heterocycles. The lowest BCUT2D eigenvalue weighted by Gasteiger charge is -2.08. The van der Waals surface area contributed by atoms with E-state index < -0.39 is 0 Å². The van der Waals surface area contributed by atoms with Crippen LogP contribution in [0.4, 0.5) is 0 Å². The van der Waals surface area contributed by atoms with Crippen LogP contribution in [-0.2, 0) is 0 Å². The van der Waals surface area contributed by atoms with E-state index in [2.05, 4.69) is 53.1 Å². The average molecular weight is 413 g/mol. The van der Waals surface area contributed by atoms with Gasteiger partial charge in [-0.15, -0.1) is 11.3 Å². The Bertz CT molecular complexity index is 1480. The second-order valence-electron chi connectivity index (χ2n) is 7.42. The first-order chi connectivity index (χ1) is 14.5. The summed E-state index contributed by atoms with van der Waals surface area (Å²) in [6.45, 7) is 6.23. The van der Waals surface area contributed by atoms with Gasteiger partial charge in [0.1, 0.15) is 22.5 Å². The third-order valence-corrected chi connectivity index (χ3v) is 6.55. The Morgan fingerprint density at radius 2 is 1.90 bits per heavy atom. The van der Waals surface area contributed by atoms with Gasteiger partial charge in [0.05, 0.1) is 23.7 Å². The van der Waals surface area contributed by atoms with Crippen LogP contribution in [0.5, 0.6) is 5.75 Å². The number of pyridine rings is 1. The van der Waals surface area contributed by atoms with Gasteiger partial charge >= 0.3 is 0 Å². The van der Waals surface area contributed by atoms with Gasteiger partial charge in [-0.05, 0) is 56.7 Å². The van der Waals surface area contributed by atoms with Gasteiger partial charge < -0.3 is 9.30 Å². The van der Waals surface area contributed by atoms with Crippen LogP contribution < -0.4 is 4.74 Å². The summed E-state index contributed by atoms with van der Waals surface area (Å²) >= 11 is 1.65. The number of benzene rings is 1. The molecule has 5 rings (SSSR count). The van der Waals surface area contributed by atoms with Crippen molar-refractivity contribution in [3.63, 3.8) is 0 Å². The Morgan fingerprint density at radius 1 is 1.07 bits per heavy atom. The summed E-state index contributed by atoms with van der Waals surface area (Å²) in [6, 6.07) is 16.7. The minimum absolute atomic E-state index is 0.718. The van der Waals surface area contributed by atoms with Crippen molar-refractivity contribution in [2.24, 2.45) is 0 Å². The highest BCUT2D eigenvalue weighted by molar-refractivity contribution is 7.14. The summed E-state index contributed by atoms with van der Waals surface area (Å²) < 4.78 is 9.58. The summed E-state index contributed by atoms with van der Waals surface area (Å²) in [5.74, 6) is 0.793. The van der Waals surface area contributed by atoms with Crippen LogP contribution in [0, 0.1) is 32.1 Å². The van der Waals surface area contributed by atoms with Crippen LogP contribution in [0.25, 0.3) is 32.8 Å². The zero-order valence-electron chi connectivity index (χ0n) is 17.2. The summed E-state index contributed by atoms with van der Waals surface area (Å²) in [4.78, 5) is 5.93. The predicted molar refractivity (Wildman–Crippen MR) is 121 cm³/mol. The molecule has 6 heteroatoms. The highest BCUT2D eigenvalue weighted by Gasteiger charge is 2.17. The molecule has 30 heavy (non-hydrogen) atoms. The summed E-state index contributed by atoms with van der Waals surface area (Å²) in [7, 11) is 1.66. The molecular weight excluding hydrogens is 392 g/mol. The van der Waals surface area contributed by atoms with Crippen molar-refractivity contribution in [1.29, 1.82) is 5.26 Å². The number of aryl methyl sites for hydroxylation is 2. The third kappa shape index (κ3) is 2.71. The second-order valence-corrected chi connectivity index (χ2v) is 8.65. The maximum Gasteiger partial charge on any atom is 0.141 e. The molecule has 5 aromatic rings. The van der Waals surface area contributed by atoms with E-state index in [1.807, 2.05) is 31.3 Å². The fraction of sp³-hybridized carbons (Fsp3) is 0.167. The molecule has 0 aliphatic rings. The fourth-order valence-corrected chi connectivity index (χ4v) is 5.18. The van der Waals surface area contributed by atoms with Crippen molar-refractivity contribution >= 4 is 28.0 Å². The second kappa shape index (κ2) is 6.75. The van der Waals surface area contributed by atoms with Gasteiger partial charge in [0.25, 0.3) is 0 Å². The molecule has 0 atom stereocenters. The first-order valence-corrected chi connectivity index (χ1v) is 10.5. The predicted octanol–water partition coefficient (Wildman–Crippen LogP) is 5.81. The molecule has 0 amide bonds. The minimum atomic E-state index is 0.718. The number of hydrogen-bond donors (Lipinski definition) is 0. The average Bonchev–Trinajstić information content (AvgIpc) is 3.38. The van der Waals surface area contributed by atoms with Crippen molar-refractivity contribution in [2.75, 3.05) is 7.11 Å². The number of imidazole rings is 1. The molecule has 0 spiro atoms. The fourth-order valence-electron chi connectivity index (χ4n) is 4.11. The number of ether oxygens (including phenoxy) is 1.